The molecule has 2 aromatic rings. The van der Waals surface area contributed by atoms with Gasteiger partial charge in [0, 0.05) is 6.54 Å². The van der Waals surface area contributed by atoms with Crippen LogP contribution in [0.5, 0.6) is 0 Å². The van der Waals surface area contributed by atoms with E-state index in [0.29, 0.717) is 26.2 Å². The van der Waals surface area contributed by atoms with Crippen molar-refractivity contribution < 1.29 is 18.4 Å². The number of carbonyl (C=O) groups excluding carboxylic acids is 1. The van der Waals surface area contributed by atoms with Gasteiger partial charge in [-0.1, -0.05) is 0 Å². The Morgan fingerprint density at radius 2 is 2.08 bits per heavy atom. The average Bonchev–Trinajstić information content (AvgIpc) is 2.95. The van der Waals surface area contributed by atoms with Crippen molar-refractivity contribution in [1.82, 2.24) is 24.8 Å². The summed E-state index contributed by atoms with van der Waals surface area (Å²) in [5.74, 6) is -0.347. The number of rotatable bonds is 10. The van der Waals surface area contributed by atoms with Gasteiger partial charge >= 0.3 is 7.60 Å². The predicted molar refractivity (Wildman–Crippen MR) is 95.9 cm³/mol. The minimum absolute atomic E-state index is 0.0488. The van der Waals surface area contributed by atoms with Gasteiger partial charge in [-0.15, -0.1) is 0 Å². The third-order valence-corrected chi connectivity index (χ3v) is 5.56. The number of nitrogen functional groups attached to an aromatic ring is 1. The van der Waals surface area contributed by atoms with Crippen LogP contribution in [0.15, 0.2) is 11.1 Å². The number of hydrogen-bond donors (Lipinski definition) is 3. The van der Waals surface area contributed by atoms with Gasteiger partial charge in [-0.25, -0.2) is 4.98 Å². The molecule has 2 heterocycles. The molecule has 0 atom stereocenters. The third-order valence-electron chi connectivity index (χ3n) is 3.39. The van der Waals surface area contributed by atoms with Crippen LogP contribution in [0.4, 0.5) is 5.95 Å². The number of nitrogens with one attached hydrogen (secondary N) is 2. The van der Waals surface area contributed by atoms with Crippen molar-refractivity contribution in [3.05, 3.63) is 16.7 Å². The maximum absolute atomic E-state index is 12.3. The minimum atomic E-state index is -3.11. The van der Waals surface area contributed by atoms with E-state index < -0.39 is 13.2 Å². The van der Waals surface area contributed by atoms with E-state index in [2.05, 4.69) is 20.3 Å². The monoisotopic (exact) mass is 386 g/mol. The molecule has 12 heteroatoms. The number of imidazole rings is 1. The highest BCUT2D eigenvalue weighted by atomic mass is 31.2. The number of carbonyl (C=O) groups is 1. The van der Waals surface area contributed by atoms with Gasteiger partial charge in [0.1, 0.15) is 6.54 Å². The van der Waals surface area contributed by atoms with E-state index in [9.17, 15) is 14.2 Å². The molecule has 0 aromatic carbocycles. The molecule has 0 aliphatic heterocycles. The molecule has 11 nitrogen and oxygen atoms in total. The van der Waals surface area contributed by atoms with Crippen LogP contribution in [0.3, 0.4) is 0 Å². The zero-order valence-electron chi connectivity index (χ0n) is 14.7. The molecular weight excluding hydrogens is 363 g/mol. The van der Waals surface area contributed by atoms with Crippen molar-refractivity contribution in [1.29, 1.82) is 0 Å². The Morgan fingerprint density at radius 1 is 1.38 bits per heavy atom. The molecule has 0 unspecified atom stereocenters. The highest BCUT2D eigenvalue weighted by Crippen LogP contribution is 2.48. The molecule has 2 rings (SSSR count). The van der Waals surface area contributed by atoms with Crippen LogP contribution in [-0.4, -0.2) is 51.3 Å². The summed E-state index contributed by atoms with van der Waals surface area (Å²) < 4.78 is 24.1. The maximum Gasteiger partial charge on any atom is 0.330 e. The summed E-state index contributed by atoms with van der Waals surface area (Å²) in [7, 11) is -3.11. The zero-order chi connectivity index (χ0) is 19.2. The van der Waals surface area contributed by atoms with Crippen LogP contribution in [0, 0.1) is 0 Å². The van der Waals surface area contributed by atoms with Crippen LogP contribution in [0.2, 0.25) is 0 Å². The Hall–Kier alpha value is -2.23. The summed E-state index contributed by atoms with van der Waals surface area (Å²) in [6, 6.07) is 0. The molecular formula is C14H23N6O5P. The van der Waals surface area contributed by atoms with E-state index in [-0.39, 0.29) is 35.7 Å². The van der Waals surface area contributed by atoms with Crippen molar-refractivity contribution in [2.45, 2.75) is 26.8 Å². The summed E-state index contributed by atoms with van der Waals surface area (Å²) in [5, 5.41) is 2.71. The number of nitrogens with two attached hydrogens (primary N) is 1. The lowest BCUT2D eigenvalue weighted by Gasteiger charge is -2.16. The fraction of sp³-hybridized carbons (Fsp3) is 0.571. The van der Waals surface area contributed by atoms with E-state index in [0.717, 1.165) is 0 Å². The number of anilines is 1. The lowest BCUT2D eigenvalue weighted by atomic mass is 10.4. The number of aromatic amines is 1. The molecule has 26 heavy (non-hydrogen) atoms. The lowest BCUT2D eigenvalue weighted by molar-refractivity contribution is -0.121. The molecule has 2 aromatic heterocycles. The van der Waals surface area contributed by atoms with Gasteiger partial charge in [0.2, 0.25) is 11.9 Å². The van der Waals surface area contributed by atoms with Crippen LogP contribution >= 0.6 is 7.60 Å². The molecule has 4 N–H and O–H groups in total. The second kappa shape index (κ2) is 8.93. The number of H-pyrrole nitrogens is 1. The first kappa shape index (κ1) is 20.1. The van der Waals surface area contributed by atoms with Crippen molar-refractivity contribution in [2.24, 2.45) is 0 Å². The van der Waals surface area contributed by atoms with Crippen molar-refractivity contribution in [3.63, 3.8) is 0 Å². The third kappa shape index (κ3) is 5.13. The molecule has 0 bridgehead atoms. The van der Waals surface area contributed by atoms with E-state index in [4.69, 9.17) is 14.8 Å². The molecule has 1 amide bonds. The molecule has 0 fully saturated rings. The number of fused-ring (bicyclic) bond motifs is 1. The second-order valence-corrected chi connectivity index (χ2v) is 7.55. The number of hydrogen-bond acceptors (Lipinski definition) is 8. The number of nitrogens with zero attached hydrogens (tertiary/aromatic N) is 3. The molecule has 0 spiro atoms. The van der Waals surface area contributed by atoms with Gasteiger partial charge in [-0.2, -0.15) is 4.98 Å². The highest BCUT2D eigenvalue weighted by Gasteiger charge is 2.22. The van der Waals surface area contributed by atoms with Gasteiger partial charge < -0.3 is 24.7 Å². The number of aromatic nitrogens is 4. The fourth-order valence-corrected chi connectivity index (χ4v) is 4.02. The fourth-order valence-electron chi connectivity index (χ4n) is 2.36. The maximum atomic E-state index is 12.3. The second-order valence-electron chi connectivity index (χ2n) is 5.37. The standard InChI is InChI=1S/C14H23N6O5P/c1-3-24-26(23,25-4-2)7-5-6-16-10(21)8-20-9-17-11-12(20)18-14(15)19-13(11)22/h9H,3-8H2,1-2H3,(H,16,21)(H3,15,18,19,22). The molecule has 0 aliphatic rings. The van der Waals surface area contributed by atoms with Crippen molar-refractivity contribution in [2.75, 3.05) is 31.7 Å². The van der Waals surface area contributed by atoms with E-state index in [1.54, 1.807) is 13.8 Å². The Kier molecular flexibility index (Phi) is 6.90. The van der Waals surface area contributed by atoms with E-state index in [1.807, 2.05) is 0 Å². The summed E-state index contributed by atoms with van der Waals surface area (Å²) in [6.07, 6.45) is 2.01. The average molecular weight is 386 g/mol. The first-order valence-corrected chi connectivity index (χ1v) is 9.96. The summed E-state index contributed by atoms with van der Waals surface area (Å²) in [4.78, 5) is 34.0. The predicted octanol–water partition coefficient (Wildman–Crippen LogP) is 0.474. The van der Waals surface area contributed by atoms with Crippen molar-refractivity contribution >= 4 is 30.6 Å². The van der Waals surface area contributed by atoms with Crippen LogP contribution < -0.4 is 16.6 Å². The first-order valence-electron chi connectivity index (χ1n) is 8.24. The van der Waals surface area contributed by atoms with Crippen LogP contribution in [0.25, 0.3) is 11.2 Å². The smallest absolute Gasteiger partial charge is 0.330 e. The Labute approximate surface area is 149 Å². The Balaban J connectivity index is 1.88. The quantitative estimate of drug-likeness (QED) is 0.393. The lowest BCUT2D eigenvalue weighted by Crippen LogP contribution is -2.29. The van der Waals surface area contributed by atoms with Crippen LogP contribution in [0.1, 0.15) is 20.3 Å². The molecule has 0 aliphatic carbocycles. The summed E-state index contributed by atoms with van der Waals surface area (Å²) >= 11 is 0. The number of amides is 1. The van der Waals surface area contributed by atoms with Gasteiger partial charge in [0.25, 0.3) is 5.56 Å². The summed E-state index contributed by atoms with van der Waals surface area (Å²) in [6.45, 7) is 4.33. The Morgan fingerprint density at radius 3 is 2.73 bits per heavy atom. The van der Waals surface area contributed by atoms with Crippen molar-refractivity contribution in [3.8, 4) is 0 Å². The highest BCUT2D eigenvalue weighted by molar-refractivity contribution is 7.53. The molecule has 0 saturated carbocycles. The van der Waals surface area contributed by atoms with Gasteiger partial charge in [0.15, 0.2) is 11.2 Å². The largest absolute Gasteiger partial charge is 0.369 e. The van der Waals surface area contributed by atoms with Gasteiger partial charge in [-0.3, -0.25) is 19.1 Å². The van der Waals surface area contributed by atoms with Gasteiger partial charge in [0.05, 0.1) is 25.7 Å². The van der Waals surface area contributed by atoms with E-state index >= 15 is 0 Å². The summed E-state index contributed by atoms with van der Waals surface area (Å²) in [5.41, 5.74) is 5.40. The minimum Gasteiger partial charge on any atom is -0.369 e. The molecule has 0 saturated heterocycles. The molecule has 144 valence electrons. The zero-order valence-corrected chi connectivity index (χ0v) is 15.6. The van der Waals surface area contributed by atoms with Crippen LogP contribution in [-0.2, 0) is 25.0 Å². The normalized spacial score (nSPS) is 11.8. The van der Waals surface area contributed by atoms with E-state index in [1.165, 1.54) is 10.9 Å². The SMILES string of the molecule is CCOP(=O)(CCCNC(=O)Cn1cnc2c(=O)[nH]c(N)nc21)OCC. The topological polar surface area (TPSA) is 154 Å². The first-order chi connectivity index (χ1) is 12.4. The van der Waals surface area contributed by atoms with Gasteiger partial charge in [-0.05, 0) is 20.3 Å². The molecule has 0 radical (unpaired) electrons. The Bertz CT molecular complexity index is 853.